The molecule has 0 aliphatic carbocycles. The van der Waals surface area contributed by atoms with E-state index in [0.29, 0.717) is 15.8 Å². The summed E-state index contributed by atoms with van der Waals surface area (Å²) in [6, 6.07) is 13.6. The van der Waals surface area contributed by atoms with Gasteiger partial charge >= 0.3 is 0 Å². The number of furan rings is 1. The molecule has 1 aromatic heterocycles. The maximum atomic E-state index is 13.7. The lowest BCUT2D eigenvalue weighted by Gasteiger charge is -2.06. The normalized spacial score (nSPS) is 11.7. The Morgan fingerprint density at radius 3 is 2.55 bits per heavy atom. The molecule has 0 unspecified atom stereocenters. The van der Waals surface area contributed by atoms with Crippen LogP contribution in [0.1, 0.15) is 11.3 Å². The van der Waals surface area contributed by atoms with E-state index in [1.807, 2.05) is 0 Å². The predicted octanol–water partition coefficient (Wildman–Crippen LogP) is 4.31. The summed E-state index contributed by atoms with van der Waals surface area (Å²) in [6.45, 7) is 0.0454. The van der Waals surface area contributed by atoms with Gasteiger partial charge in [-0.1, -0.05) is 28.1 Å². The predicted molar refractivity (Wildman–Crippen MR) is 111 cm³/mol. The fourth-order valence-electron chi connectivity index (χ4n) is 2.36. The number of hydrogen-bond acceptors (Lipinski definition) is 4. The van der Waals surface area contributed by atoms with Crippen molar-refractivity contribution < 1.29 is 22.0 Å². The van der Waals surface area contributed by atoms with Crippen molar-refractivity contribution in [3.8, 4) is 0 Å². The molecule has 1 heterocycles. The van der Waals surface area contributed by atoms with Crippen LogP contribution in [0.5, 0.6) is 0 Å². The fraction of sp³-hybridized carbons (Fsp3) is 0.0500. The minimum Gasteiger partial charge on any atom is -0.468 e. The van der Waals surface area contributed by atoms with E-state index in [1.165, 1.54) is 42.7 Å². The summed E-state index contributed by atoms with van der Waals surface area (Å²) >= 11 is 3.14. The summed E-state index contributed by atoms with van der Waals surface area (Å²) in [6.07, 6.45) is 4.20. The first-order valence-corrected chi connectivity index (χ1v) is 10.7. The number of carbonyl (C=O) groups is 1. The van der Waals surface area contributed by atoms with Crippen LogP contribution < -0.4 is 10.0 Å². The lowest BCUT2D eigenvalue weighted by atomic mass is 10.2. The van der Waals surface area contributed by atoms with Crippen LogP contribution in [0.2, 0.25) is 0 Å². The lowest BCUT2D eigenvalue weighted by Crippen LogP contribution is -2.22. The average molecular weight is 479 g/mol. The second-order valence-corrected chi connectivity index (χ2v) is 8.60. The van der Waals surface area contributed by atoms with Crippen LogP contribution in [-0.4, -0.2) is 14.3 Å². The Kier molecular flexibility index (Phi) is 6.63. The van der Waals surface area contributed by atoms with Crippen LogP contribution in [0.4, 0.5) is 10.1 Å². The van der Waals surface area contributed by atoms with Gasteiger partial charge in [0.25, 0.3) is 0 Å². The molecular formula is C20H16BrFN2O4S. The van der Waals surface area contributed by atoms with Crippen molar-refractivity contribution in [2.24, 2.45) is 0 Å². The van der Waals surface area contributed by atoms with Gasteiger partial charge in [-0.2, -0.15) is 0 Å². The van der Waals surface area contributed by atoms with Crippen molar-refractivity contribution in [1.82, 2.24) is 4.72 Å². The van der Waals surface area contributed by atoms with Crippen molar-refractivity contribution in [2.75, 3.05) is 5.32 Å². The fourth-order valence-corrected chi connectivity index (χ4v) is 3.68. The van der Waals surface area contributed by atoms with Crippen molar-refractivity contribution in [3.05, 3.63) is 88.6 Å². The van der Waals surface area contributed by atoms with Crippen LogP contribution in [0, 0.1) is 5.82 Å². The van der Waals surface area contributed by atoms with Gasteiger partial charge < -0.3 is 9.73 Å². The Balaban J connectivity index is 1.61. The van der Waals surface area contributed by atoms with E-state index in [9.17, 15) is 17.6 Å². The third kappa shape index (κ3) is 5.86. The summed E-state index contributed by atoms with van der Waals surface area (Å²) in [5, 5.41) is 2.44. The van der Waals surface area contributed by atoms with Crippen molar-refractivity contribution in [1.29, 1.82) is 0 Å². The van der Waals surface area contributed by atoms with E-state index < -0.39 is 21.7 Å². The largest absolute Gasteiger partial charge is 0.468 e. The first kappa shape index (κ1) is 21.0. The number of nitrogens with one attached hydrogen (secondary N) is 2. The number of anilines is 1. The number of sulfonamides is 1. The maximum absolute atomic E-state index is 13.7. The Bertz CT molecular complexity index is 1130. The second-order valence-electron chi connectivity index (χ2n) is 5.92. The van der Waals surface area contributed by atoms with E-state index in [4.69, 9.17) is 4.42 Å². The zero-order valence-corrected chi connectivity index (χ0v) is 17.3. The van der Waals surface area contributed by atoms with Crippen molar-refractivity contribution in [2.45, 2.75) is 11.4 Å². The molecule has 3 rings (SSSR count). The summed E-state index contributed by atoms with van der Waals surface area (Å²) in [5.74, 6) is -0.567. The van der Waals surface area contributed by atoms with E-state index in [2.05, 4.69) is 26.0 Å². The summed E-state index contributed by atoms with van der Waals surface area (Å²) in [7, 11) is -3.69. The first-order chi connectivity index (χ1) is 13.8. The number of hydrogen-bond donors (Lipinski definition) is 2. The van der Waals surface area contributed by atoms with Crippen LogP contribution in [0.25, 0.3) is 6.08 Å². The Labute approximate surface area is 175 Å². The van der Waals surface area contributed by atoms with Crippen LogP contribution in [0.15, 0.2) is 80.7 Å². The van der Waals surface area contributed by atoms with Gasteiger partial charge in [0, 0.05) is 10.5 Å². The van der Waals surface area contributed by atoms with Gasteiger partial charge in [0.15, 0.2) is 0 Å². The summed E-state index contributed by atoms with van der Waals surface area (Å²) < 4.78 is 46.4. The molecule has 29 heavy (non-hydrogen) atoms. The van der Waals surface area contributed by atoms with Gasteiger partial charge in [0.05, 0.1) is 23.4 Å². The van der Waals surface area contributed by atoms with Gasteiger partial charge in [-0.15, -0.1) is 0 Å². The van der Waals surface area contributed by atoms with Gasteiger partial charge in [-0.3, -0.25) is 4.79 Å². The zero-order valence-electron chi connectivity index (χ0n) is 14.9. The quantitative estimate of drug-likeness (QED) is 0.495. The second kappa shape index (κ2) is 9.17. The molecule has 0 saturated heterocycles. The average Bonchev–Trinajstić information content (AvgIpc) is 3.21. The highest BCUT2D eigenvalue weighted by Gasteiger charge is 2.14. The topological polar surface area (TPSA) is 88.4 Å². The lowest BCUT2D eigenvalue weighted by molar-refractivity contribution is -0.111. The zero-order chi connectivity index (χ0) is 20.9. The maximum Gasteiger partial charge on any atom is 0.248 e. The Morgan fingerprint density at radius 1 is 1.14 bits per heavy atom. The minimum atomic E-state index is -3.69. The van der Waals surface area contributed by atoms with Gasteiger partial charge in [0.2, 0.25) is 15.9 Å². The van der Waals surface area contributed by atoms with Gasteiger partial charge in [-0.25, -0.2) is 17.5 Å². The number of benzene rings is 2. The Hall–Kier alpha value is -2.75. The SMILES string of the molecule is O=C(/C=C/c1ccc(S(=O)(=O)NCc2ccco2)cc1)Nc1ccc(Br)cc1F. The van der Waals surface area contributed by atoms with Crippen LogP contribution >= 0.6 is 15.9 Å². The summed E-state index contributed by atoms with van der Waals surface area (Å²) in [4.78, 5) is 12.0. The third-order valence-electron chi connectivity index (χ3n) is 3.82. The molecule has 9 heteroatoms. The van der Waals surface area contributed by atoms with E-state index in [0.717, 1.165) is 0 Å². The van der Waals surface area contributed by atoms with Crippen LogP contribution in [0.3, 0.4) is 0 Å². The Morgan fingerprint density at radius 2 is 1.90 bits per heavy atom. The smallest absolute Gasteiger partial charge is 0.248 e. The van der Waals surface area contributed by atoms with Crippen molar-refractivity contribution >= 4 is 43.6 Å². The number of halogens is 2. The highest BCUT2D eigenvalue weighted by atomic mass is 79.9. The molecule has 1 amide bonds. The van der Waals surface area contributed by atoms with E-state index in [-0.39, 0.29) is 17.1 Å². The van der Waals surface area contributed by atoms with Crippen LogP contribution in [-0.2, 0) is 21.4 Å². The third-order valence-corrected chi connectivity index (χ3v) is 5.73. The number of carbonyl (C=O) groups excluding carboxylic acids is 1. The van der Waals surface area contributed by atoms with Crippen molar-refractivity contribution in [3.63, 3.8) is 0 Å². The molecule has 0 radical (unpaired) electrons. The molecule has 150 valence electrons. The molecule has 2 aromatic carbocycles. The number of amides is 1. The molecular weight excluding hydrogens is 463 g/mol. The molecule has 2 N–H and O–H groups in total. The molecule has 3 aromatic rings. The molecule has 0 atom stereocenters. The molecule has 0 fully saturated rings. The highest BCUT2D eigenvalue weighted by molar-refractivity contribution is 9.10. The monoisotopic (exact) mass is 478 g/mol. The molecule has 0 aliphatic heterocycles. The standard InChI is InChI=1S/C20H16BrFN2O4S/c21-15-6-9-19(18(22)12-15)24-20(25)10-5-14-3-7-17(8-4-14)29(26,27)23-13-16-2-1-11-28-16/h1-12,23H,13H2,(H,24,25)/b10-5+. The molecule has 0 bridgehead atoms. The minimum absolute atomic E-state index is 0.0454. The van der Waals surface area contributed by atoms with E-state index >= 15 is 0 Å². The van der Waals surface area contributed by atoms with Gasteiger partial charge in [-0.05, 0) is 54.1 Å². The highest BCUT2D eigenvalue weighted by Crippen LogP contribution is 2.19. The summed E-state index contributed by atoms with van der Waals surface area (Å²) in [5.41, 5.74) is 0.674. The molecule has 0 saturated carbocycles. The first-order valence-electron chi connectivity index (χ1n) is 8.40. The van der Waals surface area contributed by atoms with Gasteiger partial charge in [0.1, 0.15) is 11.6 Å². The molecule has 0 aliphatic rings. The molecule has 6 nitrogen and oxygen atoms in total. The van der Waals surface area contributed by atoms with E-state index in [1.54, 1.807) is 30.3 Å². The number of rotatable bonds is 7. The molecule has 0 spiro atoms.